The lowest BCUT2D eigenvalue weighted by atomic mass is 10.2. The molecule has 2 aromatic heterocycles. The van der Waals surface area contributed by atoms with Crippen LogP contribution in [0.15, 0.2) is 11.6 Å². The number of hydrogen-bond donors (Lipinski definition) is 2. The van der Waals surface area contributed by atoms with E-state index in [0.29, 0.717) is 37.8 Å². The molecule has 21 heavy (non-hydrogen) atoms. The minimum Gasteiger partial charge on any atom is -0.390 e. The summed E-state index contributed by atoms with van der Waals surface area (Å²) in [6, 6.07) is -0.409. The number of likely N-dealkylation sites (N-methyl/N-ethyl adjacent to an activating group) is 1. The standard InChI is InChI=1S/C13H18N4O3S/c1-2-14-12(19)10-8-20-5-3-16(10)11-9(7-18)17-4-6-21-13(17)15-11/h4,6,10,18H,2-3,5,7-8H2,1H3,(H,14,19). The number of amides is 1. The third kappa shape index (κ3) is 2.50. The lowest BCUT2D eigenvalue weighted by Crippen LogP contribution is -2.54. The molecule has 2 aromatic rings. The Morgan fingerprint density at radius 1 is 1.67 bits per heavy atom. The lowest BCUT2D eigenvalue weighted by molar-refractivity contribution is -0.124. The van der Waals surface area contributed by atoms with Crippen molar-refractivity contribution in [1.82, 2.24) is 14.7 Å². The van der Waals surface area contributed by atoms with Crippen molar-refractivity contribution in [2.75, 3.05) is 31.2 Å². The minimum absolute atomic E-state index is 0.0718. The SMILES string of the molecule is CCNC(=O)C1COCCN1c1nc2sccn2c1CO. The number of fused-ring (bicyclic) bond motifs is 1. The number of carbonyl (C=O) groups excluding carboxylic acids is 1. The summed E-state index contributed by atoms with van der Waals surface area (Å²) in [5, 5.41) is 14.4. The first-order valence-corrected chi connectivity index (χ1v) is 7.81. The molecule has 7 nitrogen and oxygen atoms in total. The molecular weight excluding hydrogens is 292 g/mol. The maximum absolute atomic E-state index is 12.2. The Balaban J connectivity index is 1.97. The summed E-state index contributed by atoms with van der Waals surface area (Å²) in [7, 11) is 0. The molecule has 0 aliphatic carbocycles. The fraction of sp³-hybridized carbons (Fsp3) is 0.538. The molecule has 1 saturated heterocycles. The third-order valence-corrected chi connectivity index (χ3v) is 4.30. The Morgan fingerprint density at radius 3 is 3.29 bits per heavy atom. The number of hydrogen-bond acceptors (Lipinski definition) is 6. The van der Waals surface area contributed by atoms with Gasteiger partial charge in [-0.25, -0.2) is 4.98 Å². The Kier molecular flexibility index (Phi) is 4.09. The van der Waals surface area contributed by atoms with Crippen LogP contribution >= 0.6 is 11.3 Å². The number of aliphatic hydroxyl groups is 1. The van der Waals surface area contributed by atoms with E-state index >= 15 is 0 Å². The monoisotopic (exact) mass is 310 g/mol. The summed E-state index contributed by atoms with van der Waals surface area (Å²) in [6.45, 7) is 3.81. The van der Waals surface area contributed by atoms with Gasteiger partial charge in [0.15, 0.2) is 10.8 Å². The van der Waals surface area contributed by atoms with Crippen molar-refractivity contribution in [3.05, 3.63) is 17.3 Å². The van der Waals surface area contributed by atoms with Crippen LogP contribution in [-0.4, -0.2) is 52.7 Å². The van der Waals surface area contributed by atoms with E-state index in [2.05, 4.69) is 10.3 Å². The van der Waals surface area contributed by atoms with Gasteiger partial charge in [0.25, 0.3) is 0 Å². The molecule has 3 rings (SSSR count). The Morgan fingerprint density at radius 2 is 2.52 bits per heavy atom. The number of ether oxygens (including phenoxy) is 1. The molecule has 0 spiro atoms. The van der Waals surface area contributed by atoms with Crippen LogP contribution in [0, 0.1) is 0 Å². The van der Waals surface area contributed by atoms with Gasteiger partial charge in [-0.1, -0.05) is 0 Å². The van der Waals surface area contributed by atoms with Crippen LogP contribution in [0.4, 0.5) is 5.82 Å². The van der Waals surface area contributed by atoms with Gasteiger partial charge in [0.2, 0.25) is 5.91 Å². The number of aliphatic hydroxyl groups excluding tert-OH is 1. The fourth-order valence-electron chi connectivity index (χ4n) is 2.56. The molecule has 2 N–H and O–H groups in total. The first-order chi connectivity index (χ1) is 10.3. The Bertz CT molecular complexity index is 638. The molecule has 1 fully saturated rings. The van der Waals surface area contributed by atoms with Gasteiger partial charge in [-0.05, 0) is 6.92 Å². The number of rotatable bonds is 4. The molecule has 0 radical (unpaired) electrons. The zero-order valence-electron chi connectivity index (χ0n) is 11.8. The molecule has 1 aliphatic heterocycles. The number of nitrogens with zero attached hydrogens (tertiary/aromatic N) is 3. The van der Waals surface area contributed by atoms with E-state index in [4.69, 9.17) is 4.74 Å². The van der Waals surface area contributed by atoms with Crippen molar-refractivity contribution in [2.24, 2.45) is 0 Å². The number of anilines is 1. The van der Waals surface area contributed by atoms with Gasteiger partial charge < -0.3 is 20.1 Å². The van der Waals surface area contributed by atoms with Crippen molar-refractivity contribution >= 4 is 28.0 Å². The van der Waals surface area contributed by atoms with Gasteiger partial charge in [-0.2, -0.15) is 0 Å². The quantitative estimate of drug-likeness (QED) is 0.845. The highest BCUT2D eigenvalue weighted by atomic mass is 32.1. The summed E-state index contributed by atoms with van der Waals surface area (Å²) in [4.78, 5) is 19.5. The summed E-state index contributed by atoms with van der Waals surface area (Å²) in [5.41, 5.74) is 0.711. The van der Waals surface area contributed by atoms with Crippen LogP contribution in [0.25, 0.3) is 4.96 Å². The zero-order valence-corrected chi connectivity index (χ0v) is 12.6. The van der Waals surface area contributed by atoms with E-state index in [-0.39, 0.29) is 12.5 Å². The largest absolute Gasteiger partial charge is 0.390 e. The van der Waals surface area contributed by atoms with Gasteiger partial charge in [-0.3, -0.25) is 9.20 Å². The molecule has 1 atom stereocenters. The lowest BCUT2D eigenvalue weighted by Gasteiger charge is -2.35. The molecule has 0 aromatic carbocycles. The van der Waals surface area contributed by atoms with Gasteiger partial charge in [0.1, 0.15) is 6.04 Å². The first-order valence-electron chi connectivity index (χ1n) is 6.93. The van der Waals surface area contributed by atoms with Gasteiger partial charge in [0, 0.05) is 24.7 Å². The predicted octanol–water partition coefficient (Wildman–Crippen LogP) is 0.229. The van der Waals surface area contributed by atoms with Gasteiger partial charge in [0.05, 0.1) is 25.5 Å². The average Bonchev–Trinajstić information content (AvgIpc) is 3.07. The number of morpholine rings is 1. The molecular formula is C13H18N4O3S. The van der Waals surface area contributed by atoms with Gasteiger partial charge >= 0.3 is 0 Å². The van der Waals surface area contributed by atoms with Crippen molar-refractivity contribution in [3.8, 4) is 0 Å². The van der Waals surface area contributed by atoms with E-state index in [0.717, 1.165) is 4.96 Å². The van der Waals surface area contributed by atoms with Crippen LogP contribution in [0.2, 0.25) is 0 Å². The molecule has 114 valence electrons. The van der Waals surface area contributed by atoms with Gasteiger partial charge in [-0.15, -0.1) is 11.3 Å². The molecule has 3 heterocycles. The summed E-state index contributed by atoms with van der Waals surface area (Å²) in [6.07, 6.45) is 1.88. The average molecular weight is 310 g/mol. The second kappa shape index (κ2) is 6.00. The highest BCUT2D eigenvalue weighted by Crippen LogP contribution is 2.27. The normalized spacial score (nSPS) is 19.1. The molecule has 0 bridgehead atoms. The molecule has 0 saturated carbocycles. The molecule has 1 unspecified atom stereocenters. The van der Waals surface area contributed by atoms with Crippen LogP contribution in [0.5, 0.6) is 0 Å². The highest BCUT2D eigenvalue weighted by Gasteiger charge is 2.32. The maximum atomic E-state index is 12.2. The van der Waals surface area contributed by atoms with Crippen molar-refractivity contribution in [1.29, 1.82) is 0 Å². The van der Waals surface area contributed by atoms with Crippen molar-refractivity contribution in [2.45, 2.75) is 19.6 Å². The highest BCUT2D eigenvalue weighted by molar-refractivity contribution is 7.15. The summed E-state index contributed by atoms with van der Waals surface area (Å²) < 4.78 is 7.30. The summed E-state index contributed by atoms with van der Waals surface area (Å²) in [5.74, 6) is 0.598. The van der Waals surface area contributed by atoms with Crippen LogP contribution < -0.4 is 10.2 Å². The van der Waals surface area contributed by atoms with E-state index in [1.165, 1.54) is 11.3 Å². The smallest absolute Gasteiger partial charge is 0.245 e. The number of aromatic nitrogens is 2. The molecule has 1 aliphatic rings. The number of imidazole rings is 1. The second-order valence-electron chi connectivity index (χ2n) is 4.77. The molecule has 8 heteroatoms. The number of carbonyl (C=O) groups is 1. The van der Waals surface area contributed by atoms with Crippen molar-refractivity contribution in [3.63, 3.8) is 0 Å². The van der Waals surface area contributed by atoms with E-state index in [1.807, 2.05) is 27.8 Å². The topological polar surface area (TPSA) is 79.1 Å². The third-order valence-electron chi connectivity index (χ3n) is 3.54. The predicted molar refractivity (Wildman–Crippen MR) is 79.6 cm³/mol. The van der Waals surface area contributed by atoms with Crippen LogP contribution in [0.3, 0.4) is 0 Å². The second-order valence-corrected chi connectivity index (χ2v) is 5.65. The number of thiazole rings is 1. The Hall–Kier alpha value is -1.64. The van der Waals surface area contributed by atoms with Crippen LogP contribution in [0.1, 0.15) is 12.6 Å². The molecule has 1 amide bonds. The van der Waals surface area contributed by atoms with Crippen molar-refractivity contribution < 1.29 is 14.6 Å². The Labute approximate surface area is 126 Å². The fourth-order valence-corrected chi connectivity index (χ4v) is 3.29. The van der Waals surface area contributed by atoms with Crippen LogP contribution in [-0.2, 0) is 16.1 Å². The zero-order chi connectivity index (χ0) is 14.8. The van der Waals surface area contributed by atoms with E-state index < -0.39 is 6.04 Å². The maximum Gasteiger partial charge on any atom is 0.245 e. The first kappa shape index (κ1) is 14.3. The minimum atomic E-state index is -0.409. The number of nitrogens with one attached hydrogen (secondary N) is 1. The summed E-state index contributed by atoms with van der Waals surface area (Å²) >= 11 is 1.50. The van der Waals surface area contributed by atoms with E-state index in [1.54, 1.807) is 0 Å². The van der Waals surface area contributed by atoms with E-state index in [9.17, 15) is 9.90 Å².